The molecule has 1 N–H and O–H groups in total. The molecule has 0 spiro atoms. The fourth-order valence-corrected chi connectivity index (χ4v) is 2.37. The molecule has 0 saturated carbocycles. The van der Waals surface area contributed by atoms with Crippen LogP contribution in [0.1, 0.15) is 16.0 Å². The molecule has 86 valence electrons. The standard InChI is InChI=1S/C14H14N2S/c1-11-4-5-12(10-15)9-14(11)16-7-6-13-3-2-8-17-13/h2-5,8-9,16H,6-7H2,1H3. The first-order chi connectivity index (χ1) is 8.29. The van der Waals surface area contributed by atoms with Crippen LogP contribution in [-0.2, 0) is 6.42 Å². The van der Waals surface area contributed by atoms with Crippen LogP contribution in [-0.4, -0.2) is 6.54 Å². The lowest BCUT2D eigenvalue weighted by atomic mass is 10.1. The summed E-state index contributed by atoms with van der Waals surface area (Å²) in [5, 5.41) is 14.3. The highest BCUT2D eigenvalue weighted by Crippen LogP contribution is 2.17. The molecule has 0 aliphatic carbocycles. The second kappa shape index (κ2) is 5.51. The molecule has 0 aliphatic heterocycles. The molecule has 0 aliphatic rings. The van der Waals surface area contributed by atoms with Gasteiger partial charge in [0.25, 0.3) is 0 Å². The van der Waals surface area contributed by atoms with Crippen molar-refractivity contribution in [3.8, 4) is 6.07 Å². The Bertz CT molecular complexity index is 524. The fourth-order valence-electron chi connectivity index (χ4n) is 1.66. The molecular weight excluding hydrogens is 228 g/mol. The number of hydrogen-bond acceptors (Lipinski definition) is 3. The van der Waals surface area contributed by atoms with E-state index in [0.29, 0.717) is 5.56 Å². The van der Waals surface area contributed by atoms with Crippen molar-refractivity contribution in [2.75, 3.05) is 11.9 Å². The molecule has 0 radical (unpaired) electrons. The highest BCUT2D eigenvalue weighted by Gasteiger charge is 2.00. The Kier molecular flexibility index (Phi) is 3.79. The van der Waals surface area contributed by atoms with E-state index in [2.05, 4.69) is 35.8 Å². The zero-order chi connectivity index (χ0) is 12.1. The number of nitrogens with zero attached hydrogens (tertiary/aromatic N) is 1. The zero-order valence-corrected chi connectivity index (χ0v) is 10.6. The first-order valence-corrected chi connectivity index (χ1v) is 6.44. The van der Waals surface area contributed by atoms with Gasteiger partial charge in [0, 0.05) is 17.1 Å². The van der Waals surface area contributed by atoms with Crippen molar-refractivity contribution in [2.45, 2.75) is 13.3 Å². The van der Waals surface area contributed by atoms with Crippen LogP contribution < -0.4 is 5.32 Å². The minimum atomic E-state index is 0.703. The highest BCUT2D eigenvalue weighted by atomic mass is 32.1. The van der Waals surface area contributed by atoms with Crippen LogP contribution in [0.15, 0.2) is 35.7 Å². The van der Waals surface area contributed by atoms with Crippen LogP contribution in [0.4, 0.5) is 5.69 Å². The molecule has 1 aromatic heterocycles. The van der Waals surface area contributed by atoms with Crippen molar-refractivity contribution >= 4 is 17.0 Å². The second-order valence-corrected chi connectivity index (χ2v) is 4.93. The highest BCUT2D eigenvalue weighted by molar-refractivity contribution is 7.09. The number of rotatable bonds is 4. The van der Waals surface area contributed by atoms with Crippen molar-refractivity contribution in [3.05, 3.63) is 51.7 Å². The second-order valence-electron chi connectivity index (χ2n) is 3.90. The number of benzene rings is 1. The predicted octanol–water partition coefficient (Wildman–Crippen LogP) is 3.58. The Labute approximate surface area is 106 Å². The number of hydrogen-bond donors (Lipinski definition) is 1. The summed E-state index contributed by atoms with van der Waals surface area (Å²) in [5.74, 6) is 0. The van der Waals surface area contributed by atoms with Gasteiger partial charge in [-0.3, -0.25) is 0 Å². The fraction of sp³-hybridized carbons (Fsp3) is 0.214. The van der Waals surface area contributed by atoms with E-state index in [4.69, 9.17) is 5.26 Å². The largest absolute Gasteiger partial charge is 0.384 e. The van der Waals surface area contributed by atoms with Crippen LogP contribution in [0.3, 0.4) is 0 Å². The minimum absolute atomic E-state index is 0.703. The maximum atomic E-state index is 8.85. The van der Waals surface area contributed by atoms with Gasteiger partial charge >= 0.3 is 0 Å². The van der Waals surface area contributed by atoms with E-state index in [0.717, 1.165) is 18.7 Å². The third-order valence-electron chi connectivity index (χ3n) is 2.63. The summed E-state index contributed by atoms with van der Waals surface area (Å²) in [6, 6.07) is 12.1. The smallest absolute Gasteiger partial charge is 0.0992 e. The van der Waals surface area contributed by atoms with Gasteiger partial charge in [-0.25, -0.2) is 0 Å². The summed E-state index contributed by atoms with van der Waals surface area (Å²) >= 11 is 1.78. The van der Waals surface area contributed by atoms with E-state index < -0.39 is 0 Å². The Morgan fingerprint density at radius 3 is 2.94 bits per heavy atom. The van der Waals surface area contributed by atoms with Crippen LogP contribution >= 0.6 is 11.3 Å². The van der Waals surface area contributed by atoms with Crippen LogP contribution in [0.25, 0.3) is 0 Å². The molecule has 17 heavy (non-hydrogen) atoms. The first kappa shape index (κ1) is 11.7. The number of nitriles is 1. The lowest BCUT2D eigenvalue weighted by molar-refractivity contribution is 1.04. The first-order valence-electron chi connectivity index (χ1n) is 5.56. The van der Waals surface area contributed by atoms with E-state index in [-0.39, 0.29) is 0 Å². The van der Waals surface area contributed by atoms with Crippen molar-refractivity contribution < 1.29 is 0 Å². The third-order valence-corrected chi connectivity index (χ3v) is 3.57. The maximum Gasteiger partial charge on any atom is 0.0992 e. The normalized spacial score (nSPS) is 9.88. The van der Waals surface area contributed by atoms with Gasteiger partial charge in [-0.15, -0.1) is 11.3 Å². The summed E-state index contributed by atoms with van der Waals surface area (Å²) in [7, 11) is 0. The lowest BCUT2D eigenvalue weighted by Crippen LogP contribution is -2.05. The molecule has 2 nitrogen and oxygen atoms in total. The van der Waals surface area contributed by atoms with Gasteiger partial charge in [-0.2, -0.15) is 5.26 Å². The molecule has 0 amide bonds. The van der Waals surface area contributed by atoms with Gasteiger partial charge in [-0.1, -0.05) is 12.1 Å². The van der Waals surface area contributed by atoms with E-state index in [1.807, 2.05) is 18.2 Å². The van der Waals surface area contributed by atoms with Crippen LogP contribution in [0.2, 0.25) is 0 Å². The minimum Gasteiger partial charge on any atom is -0.384 e. The number of thiophene rings is 1. The molecule has 0 bridgehead atoms. The van der Waals surface area contributed by atoms with Crippen LogP contribution in [0, 0.1) is 18.3 Å². The predicted molar refractivity (Wildman–Crippen MR) is 72.4 cm³/mol. The summed E-state index contributed by atoms with van der Waals surface area (Å²) < 4.78 is 0. The van der Waals surface area contributed by atoms with E-state index in [1.54, 1.807) is 11.3 Å². The van der Waals surface area contributed by atoms with E-state index in [9.17, 15) is 0 Å². The monoisotopic (exact) mass is 242 g/mol. The average Bonchev–Trinajstić information content (AvgIpc) is 2.84. The van der Waals surface area contributed by atoms with Gasteiger partial charge < -0.3 is 5.32 Å². The van der Waals surface area contributed by atoms with Gasteiger partial charge in [0.1, 0.15) is 0 Å². The molecular formula is C14H14N2S. The summed E-state index contributed by atoms with van der Waals surface area (Å²) in [6.07, 6.45) is 1.02. The molecule has 0 saturated heterocycles. The van der Waals surface area contributed by atoms with Gasteiger partial charge in [0.2, 0.25) is 0 Å². The summed E-state index contributed by atoms with van der Waals surface area (Å²) in [6.45, 7) is 2.95. The maximum absolute atomic E-state index is 8.85. The van der Waals surface area contributed by atoms with Gasteiger partial charge in [0.15, 0.2) is 0 Å². The van der Waals surface area contributed by atoms with Crippen molar-refractivity contribution in [2.24, 2.45) is 0 Å². The quantitative estimate of drug-likeness (QED) is 0.889. The molecule has 2 rings (SSSR count). The molecule has 3 heteroatoms. The summed E-state index contributed by atoms with van der Waals surface area (Å²) in [5.41, 5.74) is 2.94. The Morgan fingerprint density at radius 1 is 1.35 bits per heavy atom. The zero-order valence-electron chi connectivity index (χ0n) is 9.73. The SMILES string of the molecule is Cc1ccc(C#N)cc1NCCc1cccs1. The molecule has 1 heterocycles. The third kappa shape index (κ3) is 3.08. The van der Waals surface area contributed by atoms with E-state index in [1.165, 1.54) is 10.4 Å². The number of anilines is 1. The Hall–Kier alpha value is -1.79. The molecule has 0 atom stereocenters. The topological polar surface area (TPSA) is 35.8 Å². The molecule has 1 aromatic carbocycles. The number of aryl methyl sites for hydroxylation is 1. The Balaban J connectivity index is 1.97. The number of nitrogens with one attached hydrogen (secondary N) is 1. The van der Waals surface area contributed by atoms with Gasteiger partial charge in [-0.05, 0) is 42.5 Å². The summed E-state index contributed by atoms with van der Waals surface area (Å²) in [4.78, 5) is 1.38. The average molecular weight is 242 g/mol. The Morgan fingerprint density at radius 2 is 2.24 bits per heavy atom. The van der Waals surface area contributed by atoms with Crippen molar-refractivity contribution in [3.63, 3.8) is 0 Å². The van der Waals surface area contributed by atoms with Crippen LogP contribution in [0.5, 0.6) is 0 Å². The molecule has 2 aromatic rings. The molecule has 0 unspecified atom stereocenters. The lowest BCUT2D eigenvalue weighted by Gasteiger charge is -2.09. The van der Waals surface area contributed by atoms with Gasteiger partial charge in [0.05, 0.1) is 11.6 Å². The molecule has 0 fully saturated rings. The van der Waals surface area contributed by atoms with E-state index >= 15 is 0 Å². The van der Waals surface area contributed by atoms with Crippen molar-refractivity contribution in [1.82, 2.24) is 0 Å². The van der Waals surface area contributed by atoms with Crippen molar-refractivity contribution in [1.29, 1.82) is 5.26 Å².